The topological polar surface area (TPSA) is 15.3 Å². The van der Waals surface area contributed by atoms with Gasteiger partial charge in [0.15, 0.2) is 0 Å². The van der Waals surface area contributed by atoms with E-state index >= 15 is 0 Å². The molecule has 0 heterocycles. The molecule has 1 aromatic rings. The zero-order chi connectivity index (χ0) is 13.1. The third-order valence-corrected chi connectivity index (χ3v) is 4.12. The third kappa shape index (κ3) is 3.26. The Bertz CT molecular complexity index is 400. The molecule has 2 heteroatoms. The van der Waals surface area contributed by atoms with Crippen LogP contribution in [0.2, 0.25) is 0 Å². The first kappa shape index (κ1) is 13.4. The van der Waals surface area contributed by atoms with Crippen molar-refractivity contribution in [2.75, 3.05) is 25.0 Å². The molecule has 2 atom stereocenters. The molecule has 0 amide bonds. The molecular formula is C16H26N2. The predicted molar refractivity (Wildman–Crippen MR) is 79.1 cm³/mol. The van der Waals surface area contributed by atoms with E-state index in [1.165, 1.54) is 29.8 Å². The molecule has 0 spiro atoms. The zero-order valence-electron chi connectivity index (χ0n) is 12.2. The van der Waals surface area contributed by atoms with Crippen LogP contribution < -0.4 is 10.2 Å². The van der Waals surface area contributed by atoms with Crippen molar-refractivity contribution in [2.45, 2.75) is 33.7 Å². The molecule has 0 radical (unpaired) electrons. The lowest BCUT2D eigenvalue weighted by molar-refractivity contribution is 0.718. The van der Waals surface area contributed by atoms with Gasteiger partial charge in [-0.3, -0.25) is 0 Å². The summed E-state index contributed by atoms with van der Waals surface area (Å²) in [6.45, 7) is 9.92. The predicted octanol–water partition coefficient (Wildman–Crippen LogP) is 3.20. The highest BCUT2D eigenvalue weighted by Gasteiger charge is 2.33. The Kier molecular flexibility index (Phi) is 4.28. The van der Waals surface area contributed by atoms with Gasteiger partial charge in [0.2, 0.25) is 0 Å². The average molecular weight is 246 g/mol. The van der Waals surface area contributed by atoms with E-state index in [-0.39, 0.29) is 0 Å². The number of anilines is 1. The maximum absolute atomic E-state index is 3.39. The van der Waals surface area contributed by atoms with Crippen LogP contribution in [0.25, 0.3) is 0 Å². The molecule has 1 aliphatic carbocycles. The minimum Gasteiger partial charge on any atom is -0.374 e. The molecule has 1 N–H and O–H groups in total. The Hall–Kier alpha value is -1.02. The van der Waals surface area contributed by atoms with Crippen LogP contribution in [-0.2, 0) is 6.54 Å². The maximum Gasteiger partial charge on any atom is 0.0366 e. The van der Waals surface area contributed by atoms with Gasteiger partial charge in [0.05, 0.1) is 0 Å². The molecule has 1 aliphatic rings. The van der Waals surface area contributed by atoms with Crippen LogP contribution >= 0.6 is 0 Å². The van der Waals surface area contributed by atoms with Crippen LogP contribution in [0.4, 0.5) is 5.69 Å². The summed E-state index contributed by atoms with van der Waals surface area (Å²) in [7, 11) is 2.21. The van der Waals surface area contributed by atoms with Crippen molar-refractivity contribution < 1.29 is 0 Å². The molecule has 1 fully saturated rings. The Balaban J connectivity index is 1.98. The van der Waals surface area contributed by atoms with E-state index < -0.39 is 0 Å². The third-order valence-electron chi connectivity index (χ3n) is 4.12. The molecule has 0 saturated heterocycles. The molecule has 2 rings (SSSR count). The molecule has 0 aromatic heterocycles. The van der Waals surface area contributed by atoms with Crippen LogP contribution in [0.1, 0.15) is 31.4 Å². The monoisotopic (exact) mass is 246 g/mol. The summed E-state index contributed by atoms with van der Waals surface area (Å²) >= 11 is 0. The van der Waals surface area contributed by atoms with Gasteiger partial charge in [-0.25, -0.2) is 0 Å². The highest BCUT2D eigenvalue weighted by molar-refractivity contribution is 5.50. The van der Waals surface area contributed by atoms with E-state index in [1.807, 2.05) is 0 Å². The van der Waals surface area contributed by atoms with E-state index in [9.17, 15) is 0 Å². The van der Waals surface area contributed by atoms with Gasteiger partial charge < -0.3 is 10.2 Å². The number of nitrogens with zero attached hydrogens (tertiary/aromatic N) is 1. The van der Waals surface area contributed by atoms with Crippen molar-refractivity contribution in [2.24, 2.45) is 11.8 Å². The van der Waals surface area contributed by atoms with Crippen molar-refractivity contribution >= 4 is 5.69 Å². The molecular weight excluding hydrogens is 220 g/mol. The van der Waals surface area contributed by atoms with Crippen molar-refractivity contribution in [1.82, 2.24) is 5.32 Å². The van der Waals surface area contributed by atoms with Gasteiger partial charge in [0, 0.05) is 25.8 Å². The van der Waals surface area contributed by atoms with Crippen LogP contribution in [-0.4, -0.2) is 20.1 Å². The first-order valence-electron chi connectivity index (χ1n) is 7.13. The van der Waals surface area contributed by atoms with E-state index in [4.69, 9.17) is 0 Å². The fourth-order valence-electron chi connectivity index (χ4n) is 2.49. The van der Waals surface area contributed by atoms with Gasteiger partial charge in [0.25, 0.3) is 0 Å². The first-order valence-corrected chi connectivity index (χ1v) is 7.13. The fraction of sp³-hybridized carbons (Fsp3) is 0.625. The Labute approximate surface area is 111 Å². The van der Waals surface area contributed by atoms with E-state index in [0.29, 0.717) is 0 Å². The minimum absolute atomic E-state index is 0.914. The summed E-state index contributed by atoms with van der Waals surface area (Å²) in [5.41, 5.74) is 4.16. The number of benzene rings is 1. The van der Waals surface area contributed by atoms with Crippen LogP contribution in [0, 0.1) is 18.8 Å². The second kappa shape index (κ2) is 5.75. The normalized spacial score (nSPS) is 22.0. The lowest BCUT2D eigenvalue weighted by atomic mass is 10.1. The number of hydrogen-bond acceptors (Lipinski definition) is 2. The van der Waals surface area contributed by atoms with Gasteiger partial charge >= 0.3 is 0 Å². The fourth-order valence-corrected chi connectivity index (χ4v) is 2.49. The van der Waals surface area contributed by atoms with Crippen LogP contribution in [0.15, 0.2) is 18.2 Å². The van der Waals surface area contributed by atoms with Gasteiger partial charge in [0.1, 0.15) is 0 Å². The van der Waals surface area contributed by atoms with Crippen molar-refractivity contribution in [3.8, 4) is 0 Å². The van der Waals surface area contributed by atoms with E-state index in [0.717, 1.165) is 24.9 Å². The molecule has 1 saturated carbocycles. The average Bonchev–Trinajstić information content (AvgIpc) is 3.03. The summed E-state index contributed by atoms with van der Waals surface area (Å²) in [6, 6.07) is 6.84. The molecule has 2 nitrogen and oxygen atoms in total. The second-order valence-electron chi connectivity index (χ2n) is 5.74. The largest absolute Gasteiger partial charge is 0.374 e. The van der Waals surface area contributed by atoms with Crippen molar-refractivity contribution in [3.63, 3.8) is 0 Å². The number of aryl methyl sites for hydroxylation is 1. The Morgan fingerprint density at radius 3 is 2.67 bits per heavy atom. The van der Waals surface area contributed by atoms with Crippen molar-refractivity contribution in [1.29, 1.82) is 0 Å². The Morgan fingerprint density at radius 1 is 1.39 bits per heavy atom. The SMILES string of the molecule is CCNCc1ccc(N(C)CC2CC2C)cc1C. The first-order chi connectivity index (χ1) is 8.61. The van der Waals surface area contributed by atoms with Gasteiger partial charge in [-0.2, -0.15) is 0 Å². The number of rotatable bonds is 6. The smallest absolute Gasteiger partial charge is 0.0366 e. The van der Waals surface area contributed by atoms with E-state index in [1.54, 1.807) is 0 Å². The maximum atomic E-state index is 3.39. The molecule has 0 aliphatic heterocycles. The molecule has 100 valence electrons. The highest BCUT2D eigenvalue weighted by Crippen LogP contribution is 2.38. The molecule has 1 aromatic carbocycles. The quantitative estimate of drug-likeness (QED) is 0.829. The minimum atomic E-state index is 0.914. The lowest BCUT2D eigenvalue weighted by Crippen LogP contribution is -2.21. The number of nitrogens with one attached hydrogen (secondary N) is 1. The van der Waals surface area contributed by atoms with Gasteiger partial charge in [-0.05, 0) is 55.0 Å². The summed E-state index contributed by atoms with van der Waals surface area (Å²) in [6.07, 6.45) is 1.40. The lowest BCUT2D eigenvalue weighted by Gasteiger charge is -2.21. The summed E-state index contributed by atoms with van der Waals surface area (Å²) in [4.78, 5) is 2.40. The highest BCUT2D eigenvalue weighted by atomic mass is 15.1. The molecule has 0 bridgehead atoms. The van der Waals surface area contributed by atoms with Crippen LogP contribution in [0.5, 0.6) is 0 Å². The molecule has 18 heavy (non-hydrogen) atoms. The van der Waals surface area contributed by atoms with E-state index in [2.05, 4.69) is 56.2 Å². The standard InChI is InChI=1S/C16H26N2/c1-5-17-10-14-6-7-16(9-13(14)3)18(4)11-15-8-12(15)2/h6-7,9,12,15,17H,5,8,10-11H2,1-4H3. The van der Waals surface area contributed by atoms with Gasteiger partial charge in [-0.1, -0.05) is 19.9 Å². The summed E-state index contributed by atoms with van der Waals surface area (Å²) in [5.74, 6) is 1.85. The van der Waals surface area contributed by atoms with Crippen molar-refractivity contribution in [3.05, 3.63) is 29.3 Å². The summed E-state index contributed by atoms with van der Waals surface area (Å²) in [5, 5.41) is 3.39. The molecule has 2 unspecified atom stereocenters. The Morgan fingerprint density at radius 2 is 2.11 bits per heavy atom. The zero-order valence-corrected chi connectivity index (χ0v) is 12.2. The second-order valence-corrected chi connectivity index (χ2v) is 5.74. The van der Waals surface area contributed by atoms with Gasteiger partial charge in [-0.15, -0.1) is 0 Å². The summed E-state index contributed by atoms with van der Waals surface area (Å²) < 4.78 is 0. The number of hydrogen-bond donors (Lipinski definition) is 1. The van der Waals surface area contributed by atoms with Crippen LogP contribution in [0.3, 0.4) is 0 Å².